The van der Waals surface area contributed by atoms with Gasteiger partial charge in [-0.3, -0.25) is 9.10 Å². The van der Waals surface area contributed by atoms with Crippen LogP contribution in [0.3, 0.4) is 0 Å². The molecule has 7 heteroatoms. The molecule has 0 saturated heterocycles. The maximum Gasteiger partial charge on any atom is 0.264 e. The highest BCUT2D eigenvalue weighted by Gasteiger charge is 2.26. The van der Waals surface area contributed by atoms with Crippen molar-refractivity contribution in [3.05, 3.63) is 83.3 Å². The first-order valence-corrected chi connectivity index (χ1v) is 9.61. The number of hydrogen-bond acceptors (Lipinski definition) is 4. The topological polar surface area (TPSA) is 67.6 Å². The molecule has 0 N–H and O–H groups in total. The number of nitrogens with zero attached hydrogens (tertiary/aromatic N) is 1. The van der Waals surface area contributed by atoms with Crippen LogP contribution < -0.4 is 4.31 Å². The van der Waals surface area contributed by atoms with Crippen LogP contribution in [0.5, 0.6) is 0 Å². The van der Waals surface area contributed by atoms with Crippen LogP contribution in [-0.4, -0.2) is 14.2 Å². The molecular formula is C19H16ClNO4S. The SMILES string of the molecule is CC(=O)c1ccc(S(=O)(=O)N(Cc2ccco2)c2ccc(Cl)cc2)cc1. The van der Waals surface area contributed by atoms with Gasteiger partial charge in [0.05, 0.1) is 23.4 Å². The lowest BCUT2D eigenvalue weighted by Crippen LogP contribution is -2.30. The molecule has 0 radical (unpaired) electrons. The number of Topliss-reactive ketones (excluding diaryl/α,β-unsaturated/α-hetero) is 1. The van der Waals surface area contributed by atoms with Gasteiger partial charge in [-0.25, -0.2) is 8.42 Å². The monoisotopic (exact) mass is 389 g/mol. The van der Waals surface area contributed by atoms with E-state index in [1.54, 1.807) is 36.4 Å². The summed E-state index contributed by atoms with van der Waals surface area (Å²) >= 11 is 5.92. The fourth-order valence-electron chi connectivity index (χ4n) is 2.46. The van der Waals surface area contributed by atoms with Gasteiger partial charge in [0.15, 0.2) is 5.78 Å². The first-order chi connectivity index (χ1) is 12.4. The summed E-state index contributed by atoms with van der Waals surface area (Å²) in [7, 11) is -3.87. The van der Waals surface area contributed by atoms with Gasteiger partial charge in [-0.15, -0.1) is 0 Å². The number of furan rings is 1. The van der Waals surface area contributed by atoms with E-state index in [-0.39, 0.29) is 17.2 Å². The largest absolute Gasteiger partial charge is 0.467 e. The van der Waals surface area contributed by atoms with E-state index in [9.17, 15) is 13.2 Å². The van der Waals surface area contributed by atoms with Gasteiger partial charge in [-0.05, 0) is 55.5 Å². The highest BCUT2D eigenvalue weighted by molar-refractivity contribution is 7.92. The molecule has 0 fully saturated rings. The summed E-state index contributed by atoms with van der Waals surface area (Å²) in [5.41, 5.74) is 0.912. The van der Waals surface area contributed by atoms with Crippen molar-refractivity contribution < 1.29 is 17.6 Å². The van der Waals surface area contributed by atoms with Crippen LogP contribution in [0.25, 0.3) is 0 Å². The van der Waals surface area contributed by atoms with Gasteiger partial charge in [0.1, 0.15) is 5.76 Å². The molecule has 0 atom stereocenters. The van der Waals surface area contributed by atoms with Crippen molar-refractivity contribution in [3.63, 3.8) is 0 Å². The molecule has 0 spiro atoms. The molecule has 0 aliphatic heterocycles. The lowest BCUT2D eigenvalue weighted by atomic mass is 10.2. The minimum absolute atomic E-state index is 0.0332. The Morgan fingerprint density at radius 1 is 1.04 bits per heavy atom. The number of halogens is 1. The Morgan fingerprint density at radius 3 is 2.23 bits per heavy atom. The zero-order valence-corrected chi connectivity index (χ0v) is 15.5. The van der Waals surface area contributed by atoms with E-state index < -0.39 is 10.0 Å². The molecule has 26 heavy (non-hydrogen) atoms. The number of carbonyl (C=O) groups is 1. The van der Waals surface area contributed by atoms with Crippen molar-refractivity contribution in [3.8, 4) is 0 Å². The van der Waals surface area contributed by atoms with Gasteiger partial charge in [-0.1, -0.05) is 23.7 Å². The second-order valence-corrected chi connectivity index (χ2v) is 7.95. The summed E-state index contributed by atoms with van der Waals surface area (Å²) in [5, 5.41) is 0.509. The number of anilines is 1. The van der Waals surface area contributed by atoms with Gasteiger partial charge < -0.3 is 4.42 Å². The standard InChI is InChI=1S/C19H16ClNO4S/c1-14(22)15-4-10-19(11-5-15)26(23,24)21(13-18-3-2-12-25-18)17-8-6-16(20)7-9-17/h2-12H,13H2,1H3. The second-order valence-electron chi connectivity index (χ2n) is 5.65. The number of hydrogen-bond donors (Lipinski definition) is 0. The van der Waals surface area contributed by atoms with Crippen molar-refractivity contribution >= 4 is 33.1 Å². The minimum Gasteiger partial charge on any atom is -0.467 e. The third kappa shape index (κ3) is 3.81. The van der Waals surface area contributed by atoms with Crippen LogP contribution in [-0.2, 0) is 16.6 Å². The maximum atomic E-state index is 13.2. The van der Waals surface area contributed by atoms with Crippen LogP contribution in [0.4, 0.5) is 5.69 Å². The van der Waals surface area contributed by atoms with E-state index in [0.717, 1.165) is 0 Å². The quantitative estimate of drug-likeness (QED) is 0.581. The molecule has 3 rings (SSSR count). The van der Waals surface area contributed by atoms with Gasteiger partial charge in [0.25, 0.3) is 10.0 Å². The van der Waals surface area contributed by atoms with E-state index >= 15 is 0 Å². The molecule has 3 aromatic rings. The molecule has 2 aromatic carbocycles. The summed E-state index contributed by atoms with van der Waals surface area (Å²) in [5.74, 6) is 0.378. The molecule has 0 bridgehead atoms. The third-order valence-electron chi connectivity index (χ3n) is 3.84. The van der Waals surface area contributed by atoms with Crippen molar-refractivity contribution in [2.24, 2.45) is 0 Å². The molecule has 0 saturated carbocycles. The summed E-state index contributed by atoms with van der Waals surface area (Å²) in [6, 6.07) is 15.8. The highest BCUT2D eigenvalue weighted by atomic mass is 35.5. The molecule has 1 aromatic heterocycles. The van der Waals surface area contributed by atoms with E-state index in [2.05, 4.69) is 0 Å². The second kappa shape index (κ2) is 7.35. The Morgan fingerprint density at radius 2 is 1.69 bits per heavy atom. The lowest BCUT2D eigenvalue weighted by Gasteiger charge is -2.23. The molecule has 0 aliphatic rings. The van der Waals surface area contributed by atoms with E-state index in [4.69, 9.17) is 16.0 Å². The predicted octanol–water partition coefficient (Wildman–Crippen LogP) is 4.53. The number of ketones is 1. The number of benzene rings is 2. The average molecular weight is 390 g/mol. The number of rotatable bonds is 6. The van der Waals surface area contributed by atoms with E-state index in [1.165, 1.54) is 41.8 Å². The minimum atomic E-state index is -3.87. The molecule has 1 heterocycles. The Labute approximate surface area is 156 Å². The van der Waals surface area contributed by atoms with Crippen LogP contribution >= 0.6 is 11.6 Å². The first kappa shape index (κ1) is 18.2. The van der Waals surface area contributed by atoms with Crippen LogP contribution in [0, 0.1) is 0 Å². The Kier molecular flexibility index (Phi) is 5.15. The van der Waals surface area contributed by atoms with E-state index in [1.807, 2.05) is 0 Å². The van der Waals surface area contributed by atoms with Crippen LogP contribution in [0.2, 0.25) is 5.02 Å². The normalized spacial score (nSPS) is 11.3. The predicted molar refractivity (Wildman–Crippen MR) is 100.0 cm³/mol. The van der Waals surface area contributed by atoms with Crippen molar-refractivity contribution in [2.45, 2.75) is 18.4 Å². The molecule has 5 nitrogen and oxygen atoms in total. The molecular weight excluding hydrogens is 374 g/mol. The van der Waals surface area contributed by atoms with Gasteiger partial charge in [-0.2, -0.15) is 0 Å². The summed E-state index contributed by atoms with van der Waals surface area (Å²) < 4.78 is 32.9. The molecule has 134 valence electrons. The Bertz CT molecular complexity index is 995. The number of sulfonamides is 1. The Hall–Kier alpha value is -2.57. The summed E-state index contributed by atoms with van der Waals surface area (Å²) in [6.07, 6.45) is 1.49. The Balaban J connectivity index is 2.03. The fourth-order valence-corrected chi connectivity index (χ4v) is 4.01. The van der Waals surface area contributed by atoms with Crippen LogP contribution in [0.1, 0.15) is 23.0 Å². The molecule has 0 unspecified atom stereocenters. The van der Waals surface area contributed by atoms with Gasteiger partial charge in [0.2, 0.25) is 0 Å². The molecule has 0 amide bonds. The zero-order valence-electron chi connectivity index (χ0n) is 13.9. The lowest BCUT2D eigenvalue weighted by molar-refractivity contribution is 0.101. The number of carbonyl (C=O) groups excluding carboxylic acids is 1. The van der Waals surface area contributed by atoms with E-state index in [0.29, 0.717) is 22.0 Å². The smallest absolute Gasteiger partial charge is 0.264 e. The van der Waals surface area contributed by atoms with Crippen molar-refractivity contribution in [2.75, 3.05) is 4.31 Å². The third-order valence-corrected chi connectivity index (χ3v) is 5.88. The zero-order chi connectivity index (χ0) is 18.7. The first-order valence-electron chi connectivity index (χ1n) is 7.79. The van der Waals surface area contributed by atoms with Crippen LogP contribution in [0.15, 0.2) is 76.2 Å². The fraction of sp³-hybridized carbons (Fsp3) is 0.105. The summed E-state index contributed by atoms with van der Waals surface area (Å²) in [6.45, 7) is 1.46. The molecule has 0 aliphatic carbocycles. The average Bonchev–Trinajstić information content (AvgIpc) is 3.14. The summed E-state index contributed by atoms with van der Waals surface area (Å²) in [4.78, 5) is 11.5. The maximum absolute atomic E-state index is 13.2. The van der Waals surface area contributed by atoms with Gasteiger partial charge >= 0.3 is 0 Å². The highest BCUT2D eigenvalue weighted by Crippen LogP contribution is 2.27. The van der Waals surface area contributed by atoms with Crippen molar-refractivity contribution in [1.82, 2.24) is 0 Å². The van der Waals surface area contributed by atoms with Crippen molar-refractivity contribution in [1.29, 1.82) is 0 Å². The van der Waals surface area contributed by atoms with Gasteiger partial charge in [0, 0.05) is 10.6 Å².